The molecule has 1 fully saturated rings. The van der Waals surface area contributed by atoms with E-state index < -0.39 is 5.97 Å². The molecule has 4 nitrogen and oxygen atoms in total. The topological polar surface area (TPSA) is 52.6 Å². The van der Waals surface area contributed by atoms with E-state index in [0.717, 1.165) is 12.1 Å². The van der Waals surface area contributed by atoms with Crippen LogP contribution in [-0.2, 0) is 4.79 Å². The first kappa shape index (κ1) is 8.41. The number of allylic oxidation sites excluding steroid dienone is 1. The summed E-state index contributed by atoms with van der Waals surface area (Å²) in [5.74, 6) is -0.600. The van der Waals surface area contributed by atoms with Crippen LogP contribution in [-0.4, -0.2) is 29.2 Å². The van der Waals surface area contributed by atoms with Crippen LogP contribution in [0.4, 0.5) is 0 Å². The molecule has 0 saturated heterocycles. The van der Waals surface area contributed by atoms with E-state index in [1.54, 1.807) is 0 Å². The third kappa shape index (κ3) is 1.36. The average Bonchev–Trinajstić information content (AvgIpc) is 2.76. The maximum absolute atomic E-state index is 10.6. The van der Waals surface area contributed by atoms with Crippen LogP contribution in [0.15, 0.2) is 11.9 Å². The minimum Gasteiger partial charge on any atom is -0.481 e. The number of hydrogen-bond donors (Lipinski definition) is 2. The fourth-order valence-corrected chi connectivity index (χ4v) is 1.73. The van der Waals surface area contributed by atoms with Crippen molar-refractivity contribution in [3.05, 3.63) is 11.9 Å². The Morgan fingerprint density at radius 3 is 2.85 bits per heavy atom. The second-order valence-electron chi connectivity index (χ2n) is 3.86. The highest BCUT2D eigenvalue weighted by Gasteiger charge is 2.47. The van der Waals surface area contributed by atoms with Gasteiger partial charge in [0.05, 0.1) is 12.1 Å². The Morgan fingerprint density at radius 1 is 1.77 bits per heavy atom. The number of nitrogens with zero attached hydrogens (tertiary/aromatic N) is 1. The molecule has 0 radical (unpaired) electrons. The van der Waals surface area contributed by atoms with Gasteiger partial charge in [0.15, 0.2) is 0 Å². The quantitative estimate of drug-likeness (QED) is 0.650. The molecule has 4 heteroatoms. The third-order valence-corrected chi connectivity index (χ3v) is 2.84. The zero-order valence-corrected chi connectivity index (χ0v) is 7.82. The van der Waals surface area contributed by atoms with Crippen molar-refractivity contribution in [2.45, 2.75) is 19.5 Å². The first-order valence-corrected chi connectivity index (χ1v) is 4.52. The molecule has 13 heavy (non-hydrogen) atoms. The van der Waals surface area contributed by atoms with Crippen molar-refractivity contribution in [2.75, 3.05) is 7.05 Å². The van der Waals surface area contributed by atoms with Crippen LogP contribution in [0.5, 0.6) is 0 Å². The lowest BCUT2D eigenvalue weighted by molar-refractivity contribution is -0.138. The van der Waals surface area contributed by atoms with Crippen molar-refractivity contribution < 1.29 is 9.90 Å². The highest BCUT2D eigenvalue weighted by molar-refractivity contribution is 5.74. The van der Waals surface area contributed by atoms with Gasteiger partial charge in [-0.05, 0) is 13.3 Å². The van der Waals surface area contributed by atoms with Crippen LogP contribution in [0.1, 0.15) is 13.3 Å². The van der Waals surface area contributed by atoms with Crippen LogP contribution in [0.2, 0.25) is 0 Å². The standard InChI is InChI=1S/C9H14N2O2/c1-5-10-8(4-11(5)2)6-3-7(6)9(12)13/h4-7,10H,3H2,1-2H3,(H,12,13)/t5?,6-,7-/m0/s1. The van der Waals surface area contributed by atoms with Gasteiger partial charge in [-0.2, -0.15) is 0 Å². The van der Waals surface area contributed by atoms with Crippen LogP contribution in [0.3, 0.4) is 0 Å². The zero-order valence-electron chi connectivity index (χ0n) is 7.82. The lowest BCUT2D eigenvalue weighted by atomic mass is 10.2. The molecule has 1 aliphatic carbocycles. The van der Waals surface area contributed by atoms with Crippen LogP contribution >= 0.6 is 0 Å². The van der Waals surface area contributed by atoms with Crippen molar-refractivity contribution in [3.8, 4) is 0 Å². The molecular formula is C9H14N2O2. The molecule has 0 bridgehead atoms. The van der Waals surface area contributed by atoms with E-state index in [2.05, 4.69) is 17.1 Å². The molecule has 0 aromatic heterocycles. The Kier molecular flexibility index (Phi) is 1.71. The van der Waals surface area contributed by atoms with E-state index in [0.29, 0.717) is 6.17 Å². The molecule has 1 saturated carbocycles. The number of carboxylic acids is 1. The summed E-state index contributed by atoms with van der Waals surface area (Å²) in [7, 11) is 1.99. The van der Waals surface area contributed by atoms with Crippen LogP contribution < -0.4 is 5.32 Å². The smallest absolute Gasteiger partial charge is 0.307 e. The van der Waals surface area contributed by atoms with Gasteiger partial charge < -0.3 is 15.3 Å². The Bertz CT molecular complexity index is 275. The molecule has 1 aliphatic heterocycles. The highest BCUT2D eigenvalue weighted by Crippen LogP contribution is 2.44. The third-order valence-electron chi connectivity index (χ3n) is 2.84. The van der Waals surface area contributed by atoms with E-state index in [9.17, 15) is 4.79 Å². The molecule has 3 atom stereocenters. The van der Waals surface area contributed by atoms with Gasteiger partial charge in [0.1, 0.15) is 0 Å². The molecular weight excluding hydrogens is 168 g/mol. The maximum atomic E-state index is 10.6. The summed E-state index contributed by atoms with van der Waals surface area (Å²) in [6.07, 6.45) is 3.09. The summed E-state index contributed by atoms with van der Waals surface area (Å²) in [4.78, 5) is 12.7. The van der Waals surface area contributed by atoms with Crippen molar-refractivity contribution in [3.63, 3.8) is 0 Å². The zero-order chi connectivity index (χ0) is 9.59. The molecule has 2 aliphatic rings. The average molecular weight is 182 g/mol. The fourth-order valence-electron chi connectivity index (χ4n) is 1.73. The summed E-state index contributed by atoms with van der Waals surface area (Å²) < 4.78 is 0. The van der Waals surface area contributed by atoms with Crippen LogP contribution in [0.25, 0.3) is 0 Å². The van der Waals surface area contributed by atoms with Gasteiger partial charge >= 0.3 is 5.97 Å². The Balaban J connectivity index is 1.99. The molecule has 0 amide bonds. The second-order valence-corrected chi connectivity index (χ2v) is 3.86. The first-order valence-electron chi connectivity index (χ1n) is 4.52. The number of carboxylic acid groups (broad SMARTS) is 1. The van der Waals surface area contributed by atoms with E-state index in [-0.39, 0.29) is 11.8 Å². The van der Waals surface area contributed by atoms with Gasteiger partial charge in [0.2, 0.25) is 0 Å². The van der Waals surface area contributed by atoms with Crippen LogP contribution in [0, 0.1) is 11.8 Å². The lowest BCUT2D eigenvalue weighted by Crippen LogP contribution is -2.30. The largest absolute Gasteiger partial charge is 0.481 e. The summed E-state index contributed by atoms with van der Waals surface area (Å²) in [6.45, 7) is 2.06. The van der Waals surface area contributed by atoms with E-state index in [4.69, 9.17) is 5.11 Å². The van der Waals surface area contributed by atoms with E-state index >= 15 is 0 Å². The van der Waals surface area contributed by atoms with E-state index in [1.807, 2.05) is 13.2 Å². The van der Waals surface area contributed by atoms with Crippen molar-refractivity contribution in [2.24, 2.45) is 11.8 Å². The van der Waals surface area contributed by atoms with Gasteiger partial charge in [-0.25, -0.2) is 0 Å². The molecule has 0 spiro atoms. The van der Waals surface area contributed by atoms with Gasteiger partial charge in [-0.1, -0.05) is 0 Å². The number of rotatable bonds is 2. The highest BCUT2D eigenvalue weighted by atomic mass is 16.4. The number of aliphatic carboxylic acids is 1. The second kappa shape index (κ2) is 2.65. The predicted molar refractivity (Wildman–Crippen MR) is 47.7 cm³/mol. The fraction of sp³-hybridized carbons (Fsp3) is 0.667. The minimum absolute atomic E-state index is 0.155. The monoisotopic (exact) mass is 182 g/mol. The lowest BCUT2D eigenvalue weighted by Gasteiger charge is -2.15. The number of hydrogen-bond acceptors (Lipinski definition) is 3. The molecule has 2 rings (SSSR count). The molecule has 1 heterocycles. The van der Waals surface area contributed by atoms with Gasteiger partial charge in [-0.3, -0.25) is 4.79 Å². The van der Waals surface area contributed by atoms with Crippen molar-refractivity contribution >= 4 is 5.97 Å². The SMILES string of the molecule is CC1NC([C@H]2C[C@@H]2C(=O)O)=CN1C. The summed E-state index contributed by atoms with van der Waals surface area (Å²) in [5, 5.41) is 12.0. The molecule has 72 valence electrons. The minimum atomic E-state index is -0.671. The molecule has 2 N–H and O–H groups in total. The Morgan fingerprint density at radius 2 is 2.46 bits per heavy atom. The molecule has 0 aromatic carbocycles. The first-order chi connectivity index (χ1) is 6.09. The van der Waals surface area contributed by atoms with E-state index in [1.165, 1.54) is 0 Å². The van der Waals surface area contributed by atoms with Crippen molar-refractivity contribution in [1.82, 2.24) is 10.2 Å². The molecule has 1 unspecified atom stereocenters. The van der Waals surface area contributed by atoms with Gasteiger partial charge in [-0.15, -0.1) is 0 Å². The summed E-state index contributed by atoms with van der Waals surface area (Å²) in [5.41, 5.74) is 1.09. The maximum Gasteiger partial charge on any atom is 0.307 e. The van der Waals surface area contributed by atoms with Crippen molar-refractivity contribution in [1.29, 1.82) is 0 Å². The Hall–Kier alpha value is -1.19. The Labute approximate surface area is 77.2 Å². The van der Waals surface area contributed by atoms with Gasteiger partial charge in [0, 0.05) is 24.9 Å². The summed E-state index contributed by atoms with van der Waals surface area (Å²) in [6, 6.07) is 0. The normalized spacial score (nSPS) is 36.9. The molecule has 0 aromatic rings. The van der Waals surface area contributed by atoms with Gasteiger partial charge in [0.25, 0.3) is 0 Å². The number of carbonyl (C=O) groups is 1. The number of nitrogens with one attached hydrogen (secondary N) is 1. The summed E-state index contributed by atoms with van der Waals surface area (Å²) >= 11 is 0. The predicted octanol–water partition coefficient (Wildman–Crippen LogP) is 0.430.